The largest absolute Gasteiger partial charge is 0.493 e. The van der Waals surface area contributed by atoms with Crippen LogP contribution in [0.2, 0.25) is 5.02 Å². The number of nitrogens with one attached hydrogen (secondary N) is 1. The average Bonchev–Trinajstić information content (AvgIpc) is 2.73. The van der Waals surface area contributed by atoms with Gasteiger partial charge in [-0.1, -0.05) is 48.0 Å². The van der Waals surface area contributed by atoms with Gasteiger partial charge < -0.3 is 19.5 Å². The van der Waals surface area contributed by atoms with E-state index in [9.17, 15) is 0 Å². The molecule has 27 heavy (non-hydrogen) atoms. The number of methoxy groups -OCH3 is 2. The van der Waals surface area contributed by atoms with Crippen molar-refractivity contribution >= 4 is 17.3 Å². The maximum Gasteiger partial charge on any atom is 0.161 e. The Balaban J connectivity index is 1.76. The van der Waals surface area contributed by atoms with Crippen LogP contribution in [0.1, 0.15) is 29.0 Å². The maximum atomic E-state index is 6.45. The van der Waals surface area contributed by atoms with Gasteiger partial charge in [0.25, 0.3) is 0 Å². The summed E-state index contributed by atoms with van der Waals surface area (Å²) in [5, 5.41) is 4.14. The van der Waals surface area contributed by atoms with Crippen molar-refractivity contribution < 1.29 is 14.2 Å². The van der Waals surface area contributed by atoms with E-state index < -0.39 is 0 Å². The molecule has 1 aliphatic heterocycles. The summed E-state index contributed by atoms with van der Waals surface area (Å²) in [6.07, 6.45) is -0.553. The van der Waals surface area contributed by atoms with Gasteiger partial charge in [0.15, 0.2) is 17.7 Å². The van der Waals surface area contributed by atoms with Gasteiger partial charge in [0.05, 0.1) is 14.2 Å². The molecule has 0 radical (unpaired) electrons. The molecule has 5 heteroatoms. The van der Waals surface area contributed by atoms with Gasteiger partial charge in [-0.05, 0) is 35.9 Å². The summed E-state index contributed by atoms with van der Waals surface area (Å²) in [7, 11) is 3.25. The Morgan fingerprint density at radius 1 is 0.852 bits per heavy atom. The molecule has 0 saturated carbocycles. The molecule has 3 aromatic carbocycles. The lowest BCUT2D eigenvalue weighted by Gasteiger charge is -2.34. The van der Waals surface area contributed by atoms with E-state index in [-0.39, 0.29) is 12.3 Å². The number of halogens is 1. The molecule has 0 bridgehead atoms. The zero-order valence-corrected chi connectivity index (χ0v) is 15.9. The Morgan fingerprint density at radius 2 is 1.63 bits per heavy atom. The number of rotatable bonds is 4. The average molecular weight is 382 g/mol. The smallest absolute Gasteiger partial charge is 0.161 e. The van der Waals surface area contributed by atoms with Crippen LogP contribution in [0.15, 0.2) is 66.7 Å². The number of anilines is 1. The predicted molar refractivity (Wildman–Crippen MR) is 107 cm³/mol. The Kier molecular flexibility index (Phi) is 4.92. The summed E-state index contributed by atoms with van der Waals surface area (Å²) < 4.78 is 17.2. The van der Waals surface area contributed by atoms with Crippen molar-refractivity contribution in [2.45, 2.75) is 12.3 Å². The van der Waals surface area contributed by atoms with E-state index in [1.165, 1.54) is 0 Å². The standard InChI is InChI=1S/C22H20ClNO3/c1-25-19-11-8-15(12-20(19)26-2)22-24-18-10-9-16(23)13-17(18)21(27-22)14-6-4-3-5-7-14/h3-13,21-22,24H,1-2H3/t21-,22-/m0/s1. The summed E-state index contributed by atoms with van der Waals surface area (Å²) in [6.45, 7) is 0. The molecule has 0 fully saturated rings. The van der Waals surface area contributed by atoms with Gasteiger partial charge in [-0.3, -0.25) is 0 Å². The highest BCUT2D eigenvalue weighted by molar-refractivity contribution is 6.30. The third-order valence-corrected chi connectivity index (χ3v) is 4.90. The monoisotopic (exact) mass is 381 g/mol. The zero-order valence-electron chi connectivity index (χ0n) is 15.1. The Hall–Kier alpha value is -2.69. The van der Waals surface area contributed by atoms with E-state index in [0.717, 1.165) is 22.4 Å². The lowest BCUT2D eigenvalue weighted by Crippen LogP contribution is -2.25. The first-order valence-electron chi connectivity index (χ1n) is 8.68. The molecule has 0 aromatic heterocycles. The summed E-state index contributed by atoms with van der Waals surface area (Å²) >= 11 is 6.24. The number of fused-ring (bicyclic) bond motifs is 1. The van der Waals surface area contributed by atoms with Crippen molar-refractivity contribution in [1.29, 1.82) is 0 Å². The highest BCUT2D eigenvalue weighted by Crippen LogP contribution is 2.43. The minimum absolute atomic E-state index is 0.223. The van der Waals surface area contributed by atoms with Gasteiger partial charge in [0.2, 0.25) is 0 Å². The first kappa shape index (κ1) is 17.7. The first-order chi connectivity index (χ1) is 13.2. The van der Waals surface area contributed by atoms with E-state index in [1.807, 2.05) is 54.6 Å². The van der Waals surface area contributed by atoms with Crippen LogP contribution in [-0.2, 0) is 4.74 Å². The van der Waals surface area contributed by atoms with Gasteiger partial charge in [-0.25, -0.2) is 0 Å². The molecule has 3 aromatic rings. The van der Waals surface area contributed by atoms with Crippen LogP contribution in [0.25, 0.3) is 0 Å². The van der Waals surface area contributed by atoms with Gasteiger partial charge in [-0.15, -0.1) is 0 Å². The minimum Gasteiger partial charge on any atom is -0.493 e. The molecule has 2 atom stereocenters. The van der Waals surface area contributed by atoms with Crippen LogP contribution in [0.4, 0.5) is 5.69 Å². The molecule has 0 aliphatic carbocycles. The SMILES string of the molecule is COc1ccc([C@H]2Nc3ccc(Cl)cc3[C@H](c3ccccc3)O2)cc1OC. The second-order valence-corrected chi connectivity index (χ2v) is 6.73. The van der Waals surface area contributed by atoms with Crippen LogP contribution in [0.3, 0.4) is 0 Å². The van der Waals surface area contributed by atoms with Crippen LogP contribution >= 0.6 is 11.6 Å². The van der Waals surface area contributed by atoms with Gasteiger partial charge in [-0.2, -0.15) is 0 Å². The Bertz CT molecular complexity index is 946. The molecule has 4 rings (SSSR count). The van der Waals surface area contributed by atoms with Crippen molar-refractivity contribution in [3.8, 4) is 11.5 Å². The summed E-state index contributed by atoms with van der Waals surface area (Å²) in [5.74, 6) is 1.35. The van der Waals surface area contributed by atoms with Crippen molar-refractivity contribution in [3.63, 3.8) is 0 Å². The molecular weight excluding hydrogens is 362 g/mol. The lowest BCUT2D eigenvalue weighted by atomic mass is 9.97. The van der Waals surface area contributed by atoms with E-state index >= 15 is 0 Å². The topological polar surface area (TPSA) is 39.7 Å². The number of hydrogen-bond donors (Lipinski definition) is 1. The molecule has 1 N–H and O–H groups in total. The molecule has 138 valence electrons. The minimum atomic E-state index is -0.330. The summed E-state index contributed by atoms with van der Waals surface area (Å²) in [6, 6.07) is 21.7. The Morgan fingerprint density at radius 3 is 2.37 bits per heavy atom. The highest BCUT2D eigenvalue weighted by atomic mass is 35.5. The second kappa shape index (κ2) is 7.51. The van der Waals surface area contributed by atoms with E-state index in [1.54, 1.807) is 14.2 Å². The third-order valence-electron chi connectivity index (χ3n) is 4.67. The maximum absolute atomic E-state index is 6.45. The molecule has 1 aliphatic rings. The van der Waals surface area contributed by atoms with Gasteiger partial charge in [0, 0.05) is 21.8 Å². The zero-order chi connectivity index (χ0) is 18.8. The molecule has 1 heterocycles. The molecule has 0 spiro atoms. The van der Waals surface area contributed by atoms with Crippen LogP contribution in [0.5, 0.6) is 11.5 Å². The molecule has 0 unspecified atom stereocenters. The molecule has 0 saturated heterocycles. The molecule has 4 nitrogen and oxygen atoms in total. The number of ether oxygens (including phenoxy) is 3. The van der Waals surface area contributed by atoms with Crippen molar-refractivity contribution in [1.82, 2.24) is 0 Å². The molecular formula is C22H20ClNO3. The number of benzene rings is 3. The van der Waals surface area contributed by atoms with Crippen LogP contribution in [0, 0.1) is 0 Å². The van der Waals surface area contributed by atoms with E-state index in [4.69, 9.17) is 25.8 Å². The molecule has 0 amide bonds. The number of hydrogen-bond acceptors (Lipinski definition) is 4. The van der Waals surface area contributed by atoms with Crippen LogP contribution < -0.4 is 14.8 Å². The van der Waals surface area contributed by atoms with Crippen LogP contribution in [-0.4, -0.2) is 14.2 Å². The highest BCUT2D eigenvalue weighted by Gasteiger charge is 2.30. The quantitative estimate of drug-likeness (QED) is 0.639. The fourth-order valence-corrected chi connectivity index (χ4v) is 3.51. The van der Waals surface area contributed by atoms with Crippen molar-refractivity contribution in [3.05, 3.63) is 88.4 Å². The summed E-state index contributed by atoms with van der Waals surface area (Å²) in [4.78, 5) is 0. The summed E-state index contributed by atoms with van der Waals surface area (Å²) in [5.41, 5.74) is 4.05. The fraction of sp³-hybridized carbons (Fsp3) is 0.182. The van der Waals surface area contributed by atoms with Gasteiger partial charge >= 0.3 is 0 Å². The normalized spacial score (nSPS) is 18.3. The second-order valence-electron chi connectivity index (χ2n) is 6.30. The first-order valence-corrected chi connectivity index (χ1v) is 9.05. The lowest BCUT2D eigenvalue weighted by molar-refractivity contribution is 0.0156. The Labute approximate surface area is 163 Å². The van der Waals surface area contributed by atoms with Gasteiger partial charge in [0.1, 0.15) is 6.10 Å². The van der Waals surface area contributed by atoms with E-state index in [2.05, 4.69) is 17.4 Å². The fourth-order valence-electron chi connectivity index (χ4n) is 3.33. The van der Waals surface area contributed by atoms with E-state index in [0.29, 0.717) is 16.5 Å². The van der Waals surface area contributed by atoms with Crippen molar-refractivity contribution in [2.75, 3.05) is 19.5 Å². The predicted octanol–water partition coefficient (Wildman–Crippen LogP) is 5.59. The third kappa shape index (κ3) is 3.46. The van der Waals surface area contributed by atoms with Crippen molar-refractivity contribution in [2.24, 2.45) is 0 Å².